The molecule has 2 rings (SSSR count). The molecule has 1 atom stereocenters. The number of aryl methyl sites for hydroxylation is 1. The molecule has 1 saturated carbocycles. The van der Waals surface area contributed by atoms with Gasteiger partial charge in [-0.1, -0.05) is 0 Å². The highest BCUT2D eigenvalue weighted by molar-refractivity contribution is 5.76. The lowest BCUT2D eigenvalue weighted by Gasteiger charge is -2.24. The van der Waals surface area contributed by atoms with Crippen molar-refractivity contribution in [3.05, 3.63) is 18.5 Å². The quantitative estimate of drug-likeness (QED) is 0.756. The lowest BCUT2D eigenvalue weighted by Crippen LogP contribution is -2.36. The fourth-order valence-electron chi connectivity index (χ4n) is 1.94. The maximum absolute atomic E-state index is 11.9. The maximum atomic E-state index is 11.9. The summed E-state index contributed by atoms with van der Waals surface area (Å²) in [6.45, 7) is 2.82. The van der Waals surface area contributed by atoms with Gasteiger partial charge in [0.05, 0.1) is 0 Å². The molecule has 0 aromatic carbocycles. The molecule has 0 unspecified atom stereocenters. The van der Waals surface area contributed by atoms with Crippen LogP contribution in [0.3, 0.4) is 0 Å². The summed E-state index contributed by atoms with van der Waals surface area (Å²) < 4.78 is 1.80. The summed E-state index contributed by atoms with van der Waals surface area (Å²) in [6, 6.07) is 2.27. The van der Waals surface area contributed by atoms with Gasteiger partial charge in [0, 0.05) is 38.4 Å². The average molecular weight is 221 g/mol. The van der Waals surface area contributed by atoms with Crippen LogP contribution in [0.1, 0.15) is 26.2 Å². The molecule has 1 aliphatic carbocycles. The molecule has 0 N–H and O–H groups in total. The standard InChI is InChI=1S/C12H19N3O/c1-10(11-4-5-11)14(2)12(16)6-9-15-8-3-7-13-15/h3,7-8,10-11H,4-6,9H2,1-2H3/t10-/m1/s1. The molecule has 88 valence electrons. The van der Waals surface area contributed by atoms with E-state index in [1.165, 1.54) is 12.8 Å². The van der Waals surface area contributed by atoms with E-state index < -0.39 is 0 Å². The third kappa shape index (κ3) is 2.62. The number of amides is 1. The van der Waals surface area contributed by atoms with Crippen molar-refractivity contribution >= 4 is 5.91 Å². The minimum absolute atomic E-state index is 0.218. The fourth-order valence-corrected chi connectivity index (χ4v) is 1.94. The van der Waals surface area contributed by atoms with Gasteiger partial charge in [-0.05, 0) is 31.7 Å². The third-order valence-corrected chi connectivity index (χ3v) is 3.42. The number of nitrogens with zero attached hydrogens (tertiary/aromatic N) is 3. The summed E-state index contributed by atoms with van der Waals surface area (Å²) in [4.78, 5) is 13.8. The second-order valence-corrected chi connectivity index (χ2v) is 4.60. The molecule has 0 saturated heterocycles. The Morgan fingerprint density at radius 2 is 2.38 bits per heavy atom. The van der Waals surface area contributed by atoms with Crippen LogP contribution in [-0.2, 0) is 11.3 Å². The van der Waals surface area contributed by atoms with E-state index in [4.69, 9.17) is 0 Å². The Kier molecular flexibility index (Phi) is 3.27. The summed E-state index contributed by atoms with van der Waals surface area (Å²) in [5.74, 6) is 0.952. The molecule has 0 spiro atoms. The third-order valence-electron chi connectivity index (χ3n) is 3.42. The minimum atomic E-state index is 0.218. The van der Waals surface area contributed by atoms with Crippen molar-refractivity contribution in [1.29, 1.82) is 0 Å². The number of hydrogen-bond donors (Lipinski definition) is 0. The van der Waals surface area contributed by atoms with Crippen LogP contribution in [-0.4, -0.2) is 33.7 Å². The molecule has 4 nitrogen and oxygen atoms in total. The van der Waals surface area contributed by atoms with Gasteiger partial charge in [0.2, 0.25) is 5.91 Å². The van der Waals surface area contributed by atoms with Gasteiger partial charge in [0.15, 0.2) is 0 Å². The van der Waals surface area contributed by atoms with E-state index in [0.717, 1.165) is 5.92 Å². The Hall–Kier alpha value is -1.32. The zero-order chi connectivity index (χ0) is 11.5. The lowest BCUT2D eigenvalue weighted by atomic mass is 10.2. The van der Waals surface area contributed by atoms with Gasteiger partial charge in [-0.2, -0.15) is 5.10 Å². The summed E-state index contributed by atoms with van der Waals surface area (Å²) in [6.07, 6.45) is 6.71. The van der Waals surface area contributed by atoms with Gasteiger partial charge in [-0.25, -0.2) is 0 Å². The Labute approximate surface area is 96.2 Å². The first kappa shape index (κ1) is 11.2. The van der Waals surface area contributed by atoms with E-state index in [9.17, 15) is 4.79 Å². The van der Waals surface area contributed by atoms with E-state index in [2.05, 4.69) is 12.0 Å². The number of aromatic nitrogens is 2. The zero-order valence-electron chi connectivity index (χ0n) is 9.97. The first-order valence-electron chi connectivity index (χ1n) is 5.91. The van der Waals surface area contributed by atoms with Crippen molar-refractivity contribution in [2.75, 3.05) is 7.05 Å². The number of hydrogen-bond acceptors (Lipinski definition) is 2. The van der Waals surface area contributed by atoms with Crippen LogP contribution < -0.4 is 0 Å². The number of carbonyl (C=O) groups is 1. The van der Waals surface area contributed by atoms with E-state index in [-0.39, 0.29) is 5.91 Å². The Morgan fingerprint density at radius 3 is 2.94 bits per heavy atom. The SMILES string of the molecule is C[C@H](C1CC1)N(C)C(=O)CCn1cccn1. The summed E-state index contributed by atoms with van der Waals surface area (Å²) >= 11 is 0. The van der Waals surface area contributed by atoms with Crippen molar-refractivity contribution < 1.29 is 4.79 Å². The predicted octanol–water partition coefficient (Wildman–Crippen LogP) is 1.53. The predicted molar refractivity (Wildman–Crippen MR) is 61.8 cm³/mol. The molecule has 0 bridgehead atoms. The largest absolute Gasteiger partial charge is 0.343 e. The smallest absolute Gasteiger partial charge is 0.224 e. The molecule has 1 aliphatic rings. The Morgan fingerprint density at radius 1 is 1.62 bits per heavy atom. The van der Waals surface area contributed by atoms with Crippen LogP contribution in [0, 0.1) is 5.92 Å². The summed E-state index contributed by atoms with van der Waals surface area (Å²) in [5.41, 5.74) is 0. The second kappa shape index (κ2) is 4.68. The van der Waals surface area contributed by atoms with E-state index >= 15 is 0 Å². The fraction of sp³-hybridized carbons (Fsp3) is 0.667. The Balaban J connectivity index is 1.78. The van der Waals surface area contributed by atoms with Crippen LogP contribution in [0.2, 0.25) is 0 Å². The molecular weight excluding hydrogens is 202 g/mol. The molecule has 1 heterocycles. The topological polar surface area (TPSA) is 38.1 Å². The van der Waals surface area contributed by atoms with Gasteiger partial charge < -0.3 is 4.90 Å². The van der Waals surface area contributed by atoms with Gasteiger partial charge in [0.25, 0.3) is 0 Å². The highest BCUT2D eigenvalue weighted by Gasteiger charge is 2.32. The number of rotatable bonds is 5. The van der Waals surface area contributed by atoms with E-state index in [1.807, 2.05) is 24.2 Å². The molecule has 0 aliphatic heterocycles. The molecule has 16 heavy (non-hydrogen) atoms. The summed E-state index contributed by atoms with van der Waals surface area (Å²) in [7, 11) is 1.91. The summed E-state index contributed by atoms with van der Waals surface area (Å²) in [5, 5.41) is 4.09. The first-order valence-corrected chi connectivity index (χ1v) is 5.91. The molecule has 1 aromatic heterocycles. The molecular formula is C12H19N3O. The van der Waals surface area contributed by atoms with Crippen molar-refractivity contribution in [1.82, 2.24) is 14.7 Å². The van der Waals surface area contributed by atoms with Gasteiger partial charge in [-0.15, -0.1) is 0 Å². The molecule has 1 aromatic rings. The van der Waals surface area contributed by atoms with Crippen LogP contribution >= 0.6 is 0 Å². The molecule has 1 fully saturated rings. The average Bonchev–Trinajstić information content (AvgIpc) is 3.01. The minimum Gasteiger partial charge on any atom is -0.343 e. The van der Waals surface area contributed by atoms with E-state index in [0.29, 0.717) is 19.0 Å². The Bertz CT molecular complexity index is 343. The molecule has 0 radical (unpaired) electrons. The highest BCUT2D eigenvalue weighted by atomic mass is 16.2. The van der Waals surface area contributed by atoms with Crippen molar-refractivity contribution in [3.63, 3.8) is 0 Å². The normalized spacial score (nSPS) is 17.1. The van der Waals surface area contributed by atoms with Crippen molar-refractivity contribution in [2.24, 2.45) is 5.92 Å². The lowest BCUT2D eigenvalue weighted by molar-refractivity contribution is -0.132. The van der Waals surface area contributed by atoms with Crippen molar-refractivity contribution in [3.8, 4) is 0 Å². The van der Waals surface area contributed by atoms with Crippen LogP contribution in [0.4, 0.5) is 0 Å². The first-order chi connectivity index (χ1) is 7.68. The molecule has 1 amide bonds. The van der Waals surface area contributed by atoms with Gasteiger partial charge in [-0.3, -0.25) is 9.48 Å². The monoisotopic (exact) mass is 221 g/mol. The van der Waals surface area contributed by atoms with E-state index in [1.54, 1.807) is 10.9 Å². The van der Waals surface area contributed by atoms with Crippen molar-refractivity contribution in [2.45, 2.75) is 38.8 Å². The maximum Gasteiger partial charge on any atom is 0.224 e. The van der Waals surface area contributed by atoms with Crippen LogP contribution in [0.5, 0.6) is 0 Å². The zero-order valence-corrected chi connectivity index (χ0v) is 9.97. The van der Waals surface area contributed by atoms with Gasteiger partial charge >= 0.3 is 0 Å². The highest BCUT2D eigenvalue weighted by Crippen LogP contribution is 2.34. The van der Waals surface area contributed by atoms with Gasteiger partial charge in [0.1, 0.15) is 0 Å². The second-order valence-electron chi connectivity index (χ2n) is 4.60. The molecule has 4 heteroatoms. The van der Waals surface area contributed by atoms with Crippen LogP contribution in [0.15, 0.2) is 18.5 Å². The number of carbonyl (C=O) groups excluding carboxylic acids is 1. The van der Waals surface area contributed by atoms with Crippen LogP contribution in [0.25, 0.3) is 0 Å².